The van der Waals surface area contributed by atoms with Crippen LogP contribution in [0.3, 0.4) is 0 Å². The second-order valence-corrected chi connectivity index (χ2v) is 8.73. The lowest BCUT2D eigenvalue weighted by Gasteiger charge is -2.34. The second kappa shape index (κ2) is 10.2. The average Bonchev–Trinajstić information content (AvgIpc) is 2.43. The van der Waals surface area contributed by atoms with Gasteiger partial charge in [-0.1, -0.05) is 78.6 Å². The van der Waals surface area contributed by atoms with E-state index in [-0.39, 0.29) is 0 Å². The smallest absolute Gasteiger partial charge is 0.0264 e. The maximum Gasteiger partial charge on any atom is -0.0264 e. The highest BCUT2D eigenvalue weighted by Crippen LogP contribution is 2.38. The Balaban J connectivity index is 2.43. The summed E-state index contributed by atoms with van der Waals surface area (Å²) in [4.78, 5) is 0. The molecule has 0 aromatic rings. The molecule has 1 atom stereocenters. The first-order chi connectivity index (χ1) is 9.56. The van der Waals surface area contributed by atoms with Gasteiger partial charge < -0.3 is 0 Å². The Kier molecular flexibility index (Phi) is 9.43. The predicted molar refractivity (Wildman–Crippen MR) is 96.5 cm³/mol. The van der Waals surface area contributed by atoms with Gasteiger partial charge in [-0.15, -0.1) is 9.24 Å². The first-order valence-electron chi connectivity index (χ1n) is 9.32. The third-order valence-electron chi connectivity index (χ3n) is 5.77. The summed E-state index contributed by atoms with van der Waals surface area (Å²) in [5.41, 5.74) is 1.45. The fourth-order valence-electron chi connectivity index (χ4n) is 3.66. The number of hydrogen-bond donors (Lipinski definition) is 0. The van der Waals surface area contributed by atoms with Crippen LogP contribution in [0.2, 0.25) is 0 Å². The average molecular weight is 298 g/mol. The molecule has 0 bridgehead atoms. The van der Waals surface area contributed by atoms with E-state index in [1.54, 1.807) is 0 Å². The van der Waals surface area contributed by atoms with Crippen LogP contribution in [0.15, 0.2) is 0 Å². The molecule has 0 saturated heterocycles. The highest BCUT2D eigenvalue weighted by atomic mass is 31.0. The van der Waals surface area contributed by atoms with E-state index in [4.69, 9.17) is 0 Å². The molecule has 0 heterocycles. The monoisotopic (exact) mass is 298 g/mol. The summed E-state index contributed by atoms with van der Waals surface area (Å²) in [6.07, 6.45) is 18.9. The van der Waals surface area contributed by atoms with Crippen LogP contribution in [0.4, 0.5) is 0 Å². The molecule has 0 aromatic carbocycles. The van der Waals surface area contributed by atoms with Crippen molar-refractivity contribution in [3.05, 3.63) is 0 Å². The highest BCUT2D eigenvalue weighted by Gasteiger charge is 2.26. The Labute approximate surface area is 131 Å². The fourth-order valence-corrected chi connectivity index (χ4v) is 4.13. The molecule has 0 spiro atoms. The van der Waals surface area contributed by atoms with Gasteiger partial charge in [0.05, 0.1) is 0 Å². The zero-order valence-corrected chi connectivity index (χ0v) is 15.6. The molecule has 1 rings (SSSR count). The van der Waals surface area contributed by atoms with Gasteiger partial charge >= 0.3 is 0 Å². The first kappa shape index (κ1) is 18.5. The summed E-state index contributed by atoms with van der Waals surface area (Å²) in [6.45, 7) is 7.38. The van der Waals surface area contributed by atoms with Crippen molar-refractivity contribution in [2.75, 3.05) is 0 Å². The predicted octanol–water partition coefficient (Wildman–Crippen LogP) is 6.98. The molecule has 1 unspecified atom stereocenters. The number of rotatable bonds is 2. The van der Waals surface area contributed by atoms with Crippen LogP contribution in [0.25, 0.3) is 0 Å². The van der Waals surface area contributed by atoms with Gasteiger partial charge in [-0.3, -0.25) is 0 Å². The van der Waals surface area contributed by atoms with Crippen LogP contribution in [0.5, 0.6) is 0 Å². The molecule has 0 aromatic heterocycles. The zero-order chi connectivity index (χ0) is 14.8. The molecule has 0 nitrogen and oxygen atoms in total. The molecule has 1 saturated carbocycles. The number of hydrogen-bond acceptors (Lipinski definition) is 0. The van der Waals surface area contributed by atoms with Gasteiger partial charge in [0.25, 0.3) is 0 Å². The van der Waals surface area contributed by atoms with Crippen LogP contribution in [-0.2, 0) is 0 Å². The van der Waals surface area contributed by atoms with E-state index in [0.717, 1.165) is 11.6 Å². The van der Waals surface area contributed by atoms with E-state index in [1.807, 2.05) is 0 Å². The molecule has 0 N–H and O–H groups in total. The summed E-state index contributed by atoms with van der Waals surface area (Å²) in [6, 6.07) is 0. The Morgan fingerprint density at radius 2 is 1.15 bits per heavy atom. The summed E-state index contributed by atoms with van der Waals surface area (Å²) < 4.78 is 0. The van der Waals surface area contributed by atoms with Crippen molar-refractivity contribution in [3.63, 3.8) is 0 Å². The molecular weight excluding hydrogens is 259 g/mol. The fraction of sp³-hybridized carbons (Fsp3) is 1.00. The van der Waals surface area contributed by atoms with Crippen LogP contribution < -0.4 is 0 Å². The molecule has 0 amide bonds. The molecule has 1 fully saturated rings. The molecular formula is C19H39P. The minimum absolute atomic E-state index is 0.558. The minimum Gasteiger partial charge on any atom is -0.134 e. The van der Waals surface area contributed by atoms with Crippen molar-refractivity contribution in [3.8, 4) is 0 Å². The van der Waals surface area contributed by atoms with Crippen LogP contribution in [0, 0.1) is 11.3 Å². The van der Waals surface area contributed by atoms with E-state index < -0.39 is 0 Å². The maximum absolute atomic E-state index is 3.08. The SMILES string of the molecule is CCC(C)(C)C1CCCCCCC(P)CCCCCC1. The Morgan fingerprint density at radius 1 is 0.750 bits per heavy atom. The van der Waals surface area contributed by atoms with Crippen molar-refractivity contribution < 1.29 is 0 Å². The van der Waals surface area contributed by atoms with Gasteiger partial charge in [-0.05, 0) is 42.7 Å². The third-order valence-corrected chi connectivity index (χ3v) is 6.44. The van der Waals surface area contributed by atoms with Crippen LogP contribution in [0.1, 0.15) is 104 Å². The van der Waals surface area contributed by atoms with Gasteiger partial charge in [0.15, 0.2) is 0 Å². The van der Waals surface area contributed by atoms with Gasteiger partial charge in [0.1, 0.15) is 0 Å². The zero-order valence-electron chi connectivity index (χ0n) is 14.4. The van der Waals surface area contributed by atoms with E-state index in [9.17, 15) is 0 Å². The van der Waals surface area contributed by atoms with Crippen LogP contribution in [-0.4, -0.2) is 5.66 Å². The normalized spacial score (nSPS) is 28.8. The molecule has 1 aliphatic carbocycles. The van der Waals surface area contributed by atoms with Crippen molar-refractivity contribution in [2.45, 2.75) is 110 Å². The Morgan fingerprint density at radius 3 is 1.55 bits per heavy atom. The lowest BCUT2D eigenvalue weighted by atomic mass is 9.72. The summed E-state index contributed by atoms with van der Waals surface area (Å²) >= 11 is 0. The lowest BCUT2D eigenvalue weighted by Crippen LogP contribution is -2.23. The minimum atomic E-state index is 0.558. The highest BCUT2D eigenvalue weighted by molar-refractivity contribution is 7.17. The van der Waals surface area contributed by atoms with E-state index in [1.165, 1.54) is 83.5 Å². The van der Waals surface area contributed by atoms with Crippen molar-refractivity contribution in [1.82, 2.24) is 0 Å². The van der Waals surface area contributed by atoms with Gasteiger partial charge in [0, 0.05) is 0 Å². The third kappa shape index (κ3) is 7.44. The van der Waals surface area contributed by atoms with Crippen molar-refractivity contribution in [1.29, 1.82) is 0 Å². The lowest BCUT2D eigenvalue weighted by molar-refractivity contribution is 0.170. The topological polar surface area (TPSA) is 0 Å². The Bertz CT molecular complexity index is 218. The van der Waals surface area contributed by atoms with Gasteiger partial charge in [0.2, 0.25) is 0 Å². The summed E-state index contributed by atoms with van der Waals surface area (Å²) in [7, 11) is 3.08. The summed E-state index contributed by atoms with van der Waals surface area (Å²) in [5.74, 6) is 0.963. The van der Waals surface area contributed by atoms with Crippen molar-refractivity contribution in [2.24, 2.45) is 11.3 Å². The summed E-state index contributed by atoms with van der Waals surface area (Å²) in [5, 5.41) is 0. The molecule has 120 valence electrons. The first-order valence-corrected chi connectivity index (χ1v) is 9.98. The molecule has 0 aliphatic heterocycles. The maximum atomic E-state index is 3.08. The standard InChI is InChI=1S/C19H39P/c1-4-19(2,3)17-13-9-5-7-11-15-18(20)16-12-8-6-10-14-17/h17-18H,4-16,20H2,1-3H3. The Hall–Kier alpha value is 0.430. The second-order valence-electron chi connectivity index (χ2n) is 7.78. The van der Waals surface area contributed by atoms with E-state index >= 15 is 0 Å². The van der Waals surface area contributed by atoms with Crippen molar-refractivity contribution >= 4 is 9.24 Å². The quantitative estimate of drug-likeness (QED) is 0.482. The molecule has 0 radical (unpaired) electrons. The van der Waals surface area contributed by atoms with Crippen LogP contribution >= 0.6 is 9.24 Å². The molecule has 20 heavy (non-hydrogen) atoms. The molecule has 1 aliphatic rings. The largest absolute Gasteiger partial charge is 0.134 e. The van der Waals surface area contributed by atoms with Gasteiger partial charge in [-0.25, -0.2) is 0 Å². The van der Waals surface area contributed by atoms with E-state index in [2.05, 4.69) is 30.0 Å². The molecule has 1 heteroatoms. The van der Waals surface area contributed by atoms with E-state index in [0.29, 0.717) is 5.41 Å². The van der Waals surface area contributed by atoms with Gasteiger partial charge in [-0.2, -0.15) is 0 Å².